The fourth-order valence-corrected chi connectivity index (χ4v) is 4.59. The number of fused-ring (bicyclic) bond motifs is 1. The molecule has 0 unspecified atom stereocenters. The number of ether oxygens (including phenoxy) is 4. The number of methoxy groups -OCH3 is 3. The van der Waals surface area contributed by atoms with Crippen molar-refractivity contribution in [3.63, 3.8) is 0 Å². The topological polar surface area (TPSA) is 86.9 Å². The van der Waals surface area contributed by atoms with Crippen LogP contribution in [0.4, 0.5) is 0 Å². The molecular formula is C27H29NO6. The zero-order chi connectivity index (χ0) is 24.2. The standard InChI is InChI=1S/C27H29NO6/c1-16-24-20(28-25(16)27(30)34-11-10-17-8-6-5-7-9-17)12-18(13-21(24)29)19-14-22(31-2)26(33-4)23(15-19)32-3/h5-9,14-15,18,28H,10-13H2,1-4H3/t18-/m1/s1. The predicted octanol–water partition coefficient (Wildman–Crippen LogP) is 4.66. The van der Waals surface area contributed by atoms with Crippen molar-refractivity contribution in [2.45, 2.75) is 32.1 Å². The number of H-pyrrole nitrogens is 1. The maximum atomic E-state index is 13.1. The van der Waals surface area contributed by atoms with Crippen LogP contribution in [0, 0.1) is 6.92 Å². The lowest BCUT2D eigenvalue weighted by Gasteiger charge is -2.24. The summed E-state index contributed by atoms with van der Waals surface area (Å²) in [6.07, 6.45) is 1.54. The van der Waals surface area contributed by atoms with Crippen molar-refractivity contribution in [1.82, 2.24) is 4.98 Å². The number of carbonyl (C=O) groups excluding carboxylic acids is 2. The quantitative estimate of drug-likeness (QED) is 0.489. The van der Waals surface area contributed by atoms with Crippen LogP contribution in [0.2, 0.25) is 0 Å². The molecule has 4 rings (SSSR count). The average molecular weight is 464 g/mol. The summed E-state index contributed by atoms with van der Waals surface area (Å²) in [5.74, 6) is 1.06. The summed E-state index contributed by atoms with van der Waals surface area (Å²) >= 11 is 0. The van der Waals surface area contributed by atoms with Crippen LogP contribution >= 0.6 is 0 Å². The van der Waals surface area contributed by atoms with Crippen LogP contribution in [0.3, 0.4) is 0 Å². The van der Waals surface area contributed by atoms with Crippen molar-refractivity contribution < 1.29 is 28.5 Å². The molecule has 0 saturated carbocycles. The molecule has 1 aliphatic rings. The van der Waals surface area contributed by atoms with Gasteiger partial charge in [0.25, 0.3) is 0 Å². The molecule has 1 aliphatic carbocycles. The Morgan fingerprint density at radius 2 is 1.68 bits per heavy atom. The zero-order valence-electron chi connectivity index (χ0n) is 19.9. The first-order valence-electron chi connectivity index (χ1n) is 11.2. The van der Waals surface area contributed by atoms with Crippen LogP contribution in [0.25, 0.3) is 0 Å². The number of aromatic nitrogens is 1. The number of ketones is 1. The zero-order valence-corrected chi connectivity index (χ0v) is 19.9. The lowest BCUT2D eigenvalue weighted by molar-refractivity contribution is 0.0502. The summed E-state index contributed by atoms with van der Waals surface area (Å²) in [5, 5.41) is 0. The molecule has 1 aromatic heterocycles. The molecule has 0 radical (unpaired) electrons. The molecule has 2 aromatic carbocycles. The first-order chi connectivity index (χ1) is 16.5. The summed E-state index contributed by atoms with van der Waals surface area (Å²) in [4.78, 5) is 29.0. The largest absolute Gasteiger partial charge is 0.493 e. The van der Waals surface area contributed by atoms with Crippen molar-refractivity contribution in [3.05, 3.63) is 76.1 Å². The maximum absolute atomic E-state index is 13.1. The number of benzene rings is 2. The van der Waals surface area contributed by atoms with Crippen molar-refractivity contribution in [1.29, 1.82) is 0 Å². The fourth-order valence-electron chi connectivity index (χ4n) is 4.59. The van der Waals surface area contributed by atoms with Gasteiger partial charge in [0.1, 0.15) is 5.69 Å². The van der Waals surface area contributed by atoms with E-state index in [1.807, 2.05) is 42.5 Å². The van der Waals surface area contributed by atoms with Gasteiger partial charge in [0.05, 0.1) is 27.9 Å². The Balaban J connectivity index is 1.54. The van der Waals surface area contributed by atoms with Crippen molar-refractivity contribution in [2.75, 3.05) is 27.9 Å². The predicted molar refractivity (Wildman–Crippen MR) is 127 cm³/mol. The Labute approximate surface area is 199 Å². The minimum Gasteiger partial charge on any atom is -0.493 e. The molecule has 1 atom stereocenters. The smallest absolute Gasteiger partial charge is 0.355 e. The highest BCUT2D eigenvalue weighted by Gasteiger charge is 2.33. The van der Waals surface area contributed by atoms with Crippen molar-refractivity contribution >= 4 is 11.8 Å². The highest BCUT2D eigenvalue weighted by molar-refractivity contribution is 6.03. The monoisotopic (exact) mass is 463 g/mol. The van der Waals surface area contributed by atoms with Gasteiger partial charge in [-0.3, -0.25) is 4.79 Å². The lowest BCUT2D eigenvalue weighted by Crippen LogP contribution is -2.19. The van der Waals surface area contributed by atoms with Gasteiger partial charge in [-0.15, -0.1) is 0 Å². The normalized spacial score (nSPS) is 14.9. The van der Waals surface area contributed by atoms with Gasteiger partial charge in [-0.05, 0) is 48.1 Å². The molecule has 0 bridgehead atoms. The van der Waals surface area contributed by atoms with Gasteiger partial charge < -0.3 is 23.9 Å². The maximum Gasteiger partial charge on any atom is 0.355 e. The van der Waals surface area contributed by atoms with Crippen molar-refractivity contribution in [2.24, 2.45) is 0 Å². The second-order valence-corrected chi connectivity index (χ2v) is 8.34. The molecule has 0 fully saturated rings. The molecule has 34 heavy (non-hydrogen) atoms. The minimum atomic E-state index is -0.444. The Bertz CT molecular complexity index is 1170. The first-order valence-corrected chi connectivity index (χ1v) is 11.2. The number of aromatic amines is 1. The van der Waals surface area contributed by atoms with Gasteiger partial charge in [0, 0.05) is 24.1 Å². The Morgan fingerprint density at radius 1 is 1.00 bits per heavy atom. The molecular weight excluding hydrogens is 434 g/mol. The molecule has 7 nitrogen and oxygen atoms in total. The molecule has 7 heteroatoms. The van der Waals surface area contributed by atoms with E-state index in [9.17, 15) is 9.59 Å². The third kappa shape index (κ3) is 4.51. The molecule has 0 saturated heterocycles. The second-order valence-electron chi connectivity index (χ2n) is 8.34. The number of carbonyl (C=O) groups is 2. The fraction of sp³-hybridized carbons (Fsp3) is 0.333. The summed E-state index contributed by atoms with van der Waals surface area (Å²) in [6.45, 7) is 2.06. The Hall–Kier alpha value is -3.74. The summed E-state index contributed by atoms with van der Waals surface area (Å²) < 4.78 is 21.8. The molecule has 178 valence electrons. The third-order valence-corrected chi connectivity index (χ3v) is 6.32. The van der Waals surface area contributed by atoms with Crippen LogP contribution in [0.15, 0.2) is 42.5 Å². The van der Waals surface area contributed by atoms with E-state index in [0.29, 0.717) is 53.3 Å². The van der Waals surface area contributed by atoms with Gasteiger partial charge in [-0.25, -0.2) is 4.79 Å². The highest BCUT2D eigenvalue weighted by Crippen LogP contribution is 2.43. The number of esters is 1. The van der Waals surface area contributed by atoms with Crippen LogP contribution in [-0.4, -0.2) is 44.7 Å². The Morgan fingerprint density at radius 3 is 2.29 bits per heavy atom. The van der Waals surface area contributed by atoms with E-state index in [1.54, 1.807) is 28.3 Å². The first kappa shape index (κ1) is 23.4. The van der Waals surface area contributed by atoms with Crippen LogP contribution in [-0.2, 0) is 17.6 Å². The van der Waals surface area contributed by atoms with Gasteiger partial charge in [0.2, 0.25) is 5.75 Å². The second kappa shape index (κ2) is 10.0. The van der Waals surface area contributed by atoms with E-state index in [2.05, 4.69) is 4.98 Å². The van der Waals surface area contributed by atoms with Crippen LogP contribution in [0.5, 0.6) is 17.2 Å². The number of Topliss-reactive ketones (excluding diaryl/α,β-unsaturated/α-hetero) is 1. The highest BCUT2D eigenvalue weighted by atomic mass is 16.5. The number of rotatable bonds is 8. The summed E-state index contributed by atoms with van der Waals surface area (Å²) in [7, 11) is 4.68. The van der Waals surface area contributed by atoms with E-state index in [-0.39, 0.29) is 18.3 Å². The van der Waals surface area contributed by atoms with E-state index in [0.717, 1.165) is 16.8 Å². The van der Waals surface area contributed by atoms with E-state index < -0.39 is 5.97 Å². The molecule has 1 heterocycles. The van der Waals surface area contributed by atoms with E-state index in [4.69, 9.17) is 18.9 Å². The molecule has 0 spiro atoms. The third-order valence-electron chi connectivity index (χ3n) is 6.32. The Kier molecular flexibility index (Phi) is 6.91. The average Bonchev–Trinajstić information content (AvgIpc) is 3.20. The van der Waals surface area contributed by atoms with Gasteiger partial charge in [0.15, 0.2) is 17.3 Å². The van der Waals surface area contributed by atoms with Crippen LogP contribution in [0.1, 0.15) is 55.6 Å². The van der Waals surface area contributed by atoms with Gasteiger partial charge in [-0.1, -0.05) is 30.3 Å². The number of hydrogen-bond donors (Lipinski definition) is 1. The SMILES string of the molecule is COc1cc([C@H]2CC(=O)c3c([nH]c(C(=O)OCCc4ccccc4)c3C)C2)cc(OC)c1OC. The summed E-state index contributed by atoms with van der Waals surface area (Å²) in [5.41, 5.74) is 4.35. The van der Waals surface area contributed by atoms with Crippen molar-refractivity contribution in [3.8, 4) is 17.2 Å². The molecule has 3 aromatic rings. The van der Waals surface area contributed by atoms with E-state index >= 15 is 0 Å². The van der Waals surface area contributed by atoms with E-state index in [1.165, 1.54) is 0 Å². The summed E-state index contributed by atoms with van der Waals surface area (Å²) in [6, 6.07) is 13.6. The van der Waals surface area contributed by atoms with Gasteiger partial charge >= 0.3 is 5.97 Å². The molecule has 1 N–H and O–H groups in total. The molecule has 0 aliphatic heterocycles. The minimum absolute atomic E-state index is 0.00270. The number of hydrogen-bond acceptors (Lipinski definition) is 6. The molecule has 0 amide bonds. The van der Waals surface area contributed by atoms with Gasteiger partial charge in [-0.2, -0.15) is 0 Å². The van der Waals surface area contributed by atoms with Crippen LogP contribution < -0.4 is 14.2 Å². The lowest BCUT2D eigenvalue weighted by atomic mass is 9.81. The number of nitrogens with one attached hydrogen (secondary N) is 1.